The second kappa shape index (κ2) is 10.9. The first-order valence-electron chi connectivity index (χ1n) is 9.53. The van der Waals surface area contributed by atoms with Crippen LogP contribution >= 0.6 is 11.3 Å². The van der Waals surface area contributed by atoms with Gasteiger partial charge in [-0.15, -0.1) is 11.3 Å². The molecule has 31 heavy (non-hydrogen) atoms. The third-order valence-electron chi connectivity index (χ3n) is 4.33. The van der Waals surface area contributed by atoms with Crippen molar-refractivity contribution >= 4 is 28.9 Å². The third-order valence-corrected chi connectivity index (χ3v) is 5.46. The number of rotatable bonds is 8. The Kier molecular flexibility index (Phi) is 8.59. The predicted molar refractivity (Wildman–Crippen MR) is 112 cm³/mol. The highest BCUT2D eigenvalue weighted by molar-refractivity contribution is 7.07. The lowest BCUT2D eigenvalue weighted by Gasteiger charge is -2.05. The smallest absolute Gasteiger partial charge is 0.383 e. The fourth-order valence-electron chi connectivity index (χ4n) is 2.67. The summed E-state index contributed by atoms with van der Waals surface area (Å²) in [5, 5.41) is 12.2. The van der Waals surface area contributed by atoms with Crippen LogP contribution in [0.2, 0.25) is 0 Å². The van der Waals surface area contributed by atoms with Crippen LogP contribution in [-0.2, 0) is 22.3 Å². The lowest BCUT2D eigenvalue weighted by atomic mass is 10.1. The summed E-state index contributed by atoms with van der Waals surface area (Å²) in [5.41, 5.74) is -1.05. The summed E-state index contributed by atoms with van der Waals surface area (Å²) in [5.74, 6) is -0.579. The molecule has 0 saturated heterocycles. The van der Waals surface area contributed by atoms with Crippen LogP contribution in [0.3, 0.4) is 0 Å². The molecule has 6 nitrogen and oxygen atoms in total. The molecule has 2 rings (SSSR count). The van der Waals surface area contributed by atoms with Crippen LogP contribution in [0.5, 0.6) is 0 Å². The van der Waals surface area contributed by atoms with Gasteiger partial charge in [-0.2, -0.15) is 18.4 Å². The predicted octanol–water partition coefficient (Wildman–Crippen LogP) is 1.99. The van der Waals surface area contributed by atoms with E-state index in [1.54, 1.807) is 0 Å². The van der Waals surface area contributed by atoms with Gasteiger partial charge in [0.1, 0.15) is 10.7 Å². The highest BCUT2D eigenvalue weighted by atomic mass is 32.1. The second-order valence-electron chi connectivity index (χ2n) is 6.58. The number of hydrogen-bond acceptors (Lipinski definition) is 5. The van der Waals surface area contributed by atoms with Crippen molar-refractivity contribution in [1.29, 1.82) is 5.26 Å². The van der Waals surface area contributed by atoms with Gasteiger partial charge in [-0.3, -0.25) is 14.2 Å². The largest absolute Gasteiger partial charge is 0.416 e. The lowest BCUT2D eigenvalue weighted by molar-refractivity contribution is -0.137. The van der Waals surface area contributed by atoms with E-state index in [0.29, 0.717) is 12.1 Å². The van der Waals surface area contributed by atoms with E-state index in [2.05, 4.69) is 5.32 Å². The number of unbranched alkanes of at least 4 members (excludes halogenated alkanes) is 1. The van der Waals surface area contributed by atoms with Crippen LogP contribution in [-0.4, -0.2) is 30.7 Å². The Morgan fingerprint density at radius 2 is 2.00 bits per heavy atom. The molecule has 10 heteroatoms. The lowest BCUT2D eigenvalue weighted by Crippen LogP contribution is -2.36. The number of nitrogens with zero attached hydrogens (tertiary/aromatic N) is 2. The first-order valence-corrected chi connectivity index (χ1v) is 10.3. The Bertz CT molecular complexity index is 1130. The number of hydrogen-bond donors (Lipinski definition) is 1. The number of carbonyl (C=O) groups excluding carboxylic acids is 1. The normalized spacial score (nSPS) is 13.1. The average Bonchev–Trinajstić information content (AvgIpc) is 3.02. The quantitative estimate of drug-likeness (QED) is 0.620. The van der Waals surface area contributed by atoms with Crippen LogP contribution in [0, 0.1) is 11.3 Å². The zero-order valence-electron chi connectivity index (χ0n) is 17.1. The van der Waals surface area contributed by atoms with Crippen molar-refractivity contribution in [1.82, 2.24) is 9.88 Å². The maximum absolute atomic E-state index is 12.9. The Labute approximate surface area is 180 Å². The second-order valence-corrected chi connectivity index (χ2v) is 7.61. The van der Waals surface area contributed by atoms with Crippen LogP contribution in [0.15, 0.2) is 29.1 Å². The molecule has 0 aliphatic heterocycles. The van der Waals surface area contributed by atoms with E-state index in [1.165, 1.54) is 29.9 Å². The van der Waals surface area contributed by atoms with Crippen LogP contribution in [0.1, 0.15) is 30.9 Å². The number of alkyl halides is 3. The summed E-state index contributed by atoms with van der Waals surface area (Å²) in [7, 11) is 1.46. The molecule has 1 aromatic heterocycles. The molecule has 1 N–H and O–H groups in total. The van der Waals surface area contributed by atoms with Gasteiger partial charge in [0.15, 0.2) is 5.57 Å². The summed E-state index contributed by atoms with van der Waals surface area (Å²) in [6, 6.07) is 6.24. The van der Waals surface area contributed by atoms with E-state index in [4.69, 9.17) is 4.74 Å². The molecule has 0 spiro atoms. The highest BCUT2D eigenvalue weighted by Crippen LogP contribution is 2.29. The fraction of sp³-hybridized carbons (Fsp3) is 0.381. The number of aromatic nitrogens is 1. The zero-order valence-corrected chi connectivity index (χ0v) is 17.9. The maximum Gasteiger partial charge on any atom is 0.416 e. The van der Waals surface area contributed by atoms with Gasteiger partial charge in [0, 0.05) is 13.7 Å². The minimum atomic E-state index is -4.46. The van der Waals surface area contributed by atoms with Gasteiger partial charge < -0.3 is 10.1 Å². The first kappa shape index (κ1) is 24.4. The van der Waals surface area contributed by atoms with Crippen LogP contribution in [0.25, 0.3) is 11.6 Å². The molecule has 0 radical (unpaired) electrons. The number of halogens is 3. The molecule has 0 atom stereocenters. The summed E-state index contributed by atoms with van der Waals surface area (Å²) >= 11 is 0.938. The first-order chi connectivity index (χ1) is 14.7. The zero-order chi connectivity index (χ0) is 23.0. The molecule has 0 aliphatic carbocycles. The standard InChI is InChI=1S/C21H22F3N3O3S/c1-3-4-9-26-18(28)16(13-25)20-27(10-11-30-2)19(29)17(31-20)12-14-5-7-15(8-6-14)21(22,23)24/h5-8,12H,3-4,9-11H2,1-2H3,(H,26,28)/b17-12-,20-16-. The van der Waals surface area contributed by atoms with Crippen molar-refractivity contribution < 1.29 is 22.7 Å². The molecule has 0 fully saturated rings. The summed E-state index contributed by atoms with van der Waals surface area (Å²) in [4.78, 5) is 25.3. The molecule has 0 unspecified atom stereocenters. The number of amides is 1. The Balaban J connectivity index is 2.59. The number of nitrogens with one attached hydrogen (secondary N) is 1. The number of ether oxygens (including phenoxy) is 1. The summed E-state index contributed by atoms with van der Waals surface area (Å²) in [6.07, 6.45) is -1.41. The Morgan fingerprint density at radius 1 is 1.32 bits per heavy atom. The third kappa shape index (κ3) is 6.29. The highest BCUT2D eigenvalue weighted by Gasteiger charge is 2.29. The van der Waals surface area contributed by atoms with Gasteiger partial charge in [0.2, 0.25) is 0 Å². The van der Waals surface area contributed by atoms with E-state index in [0.717, 1.165) is 36.3 Å². The summed E-state index contributed by atoms with van der Waals surface area (Å²) in [6.45, 7) is 2.67. The Morgan fingerprint density at radius 3 is 2.55 bits per heavy atom. The van der Waals surface area contributed by atoms with Gasteiger partial charge in [0.05, 0.1) is 23.2 Å². The maximum atomic E-state index is 12.9. The van der Waals surface area contributed by atoms with E-state index in [1.807, 2.05) is 13.0 Å². The topological polar surface area (TPSA) is 84.1 Å². The van der Waals surface area contributed by atoms with Gasteiger partial charge in [-0.1, -0.05) is 25.5 Å². The Hall–Kier alpha value is -2.90. The number of benzene rings is 1. The van der Waals surface area contributed by atoms with Crippen molar-refractivity contribution in [2.75, 3.05) is 20.3 Å². The SMILES string of the molecule is CCCCNC(=O)/C(C#N)=c1\s/c(=C\c2ccc(C(F)(F)F)cc2)c(=O)n1CCOC. The molecule has 0 aliphatic rings. The van der Waals surface area contributed by atoms with E-state index >= 15 is 0 Å². The van der Waals surface area contributed by atoms with Crippen molar-refractivity contribution in [2.45, 2.75) is 32.5 Å². The molecule has 166 valence electrons. The number of carbonyl (C=O) groups is 1. The number of nitriles is 1. The monoisotopic (exact) mass is 453 g/mol. The molecule has 1 aromatic carbocycles. The number of thiazole rings is 1. The van der Waals surface area contributed by atoms with Gasteiger partial charge in [0.25, 0.3) is 11.5 Å². The molecule has 2 aromatic rings. The van der Waals surface area contributed by atoms with Crippen LogP contribution in [0.4, 0.5) is 13.2 Å². The fourth-order valence-corrected chi connectivity index (χ4v) is 3.80. The minimum absolute atomic E-state index is 0.120. The van der Waals surface area contributed by atoms with E-state index in [-0.39, 0.29) is 27.9 Å². The number of methoxy groups -OCH3 is 1. The van der Waals surface area contributed by atoms with Crippen molar-refractivity contribution in [3.63, 3.8) is 0 Å². The van der Waals surface area contributed by atoms with Crippen molar-refractivity contribution in [3.05, 3.63) is 54.9 Å². The molecule has 0 saturated carbocycles. The summed E-state index contributed by atoms with van der Waals surface area (Å²) < 4.78 is 44.9. The molecular weight excluding hydrogens is 431 g/mol. The van der Waals surface area contributed by atoms with Crippen molar-refractivity contribution in [2.24, 2.45) is 0 Å². The van der Waals surface area contributed by atoms with Gasteiger partial charge >= 0.3 is 6.18 Å². The molecule has 0 bridgehead atoms. The minimum Gasteiger partial charge on any atom is -0.383 e. The van der Waals surface area contributed by atoms with Gasteiger partial charge in [-0.05, 0) is 30.2 Å². The molecular formula is C21H22F3N3O3S. The van der Waals surface area contributed by atoms with E-state index < -0.39 is 23.2 Å². The average molecular weight is 453 g/mol. The van der Waals surface area contributed by atoms with E-state index in [9.17, 15) is 28.0 Å². The van der Waals surface area contributed by atoms with Crippen molar-refractivity contribution in [3.8, 4) is 6.07 Å². The van der Waals surface area contributed by atoms with Crippen LogP contribution < -0.4 is 20.1 Å². The van der Waals surface area contributed by atoms with Gasteiger partial charge in [-0.25, -0.2) is 0 Å². The molecule has 1 heterocycles. The molecule has 1 amide bonds.